The van der Waals surface area contributed by atoms with Gasteiger partial charge in [0.25, 0.3) is 0 Å². The Kier molecular flexibility index (Phi) is 3.85. The summed E-state index contributed by atoms with van der Waals surface area (Å²) in [5, 5.41) is 0. The van der Waals surface area contributed by atoms with E-state index < -0.39 is 10.0 Å². The molecule has 1 aromatic rings. The molecule has 0 saturated carbocycles. The molecule has 1 aliphatic heterocycles. The highest BCUT2D eigenvalue weighted by atomic mass is 32.2. The summed E-state index contributed by atoms with van der Waals surface area (Å²) in [5.41, 5.74) is 8.12. The van der Waals surface area contributed by atoms with Crippen LogP contribution in [-0.2, 0) is 14.8 Å². The number of sulfonamides is 1. The zero-order chi connectivity index (χ0) is 14.2. The Hall–Kier alpha value is -1.11. The highest BCUT2D eigenvalue weighted by molar-refractivity contribution is 7.89. The smallest absolute Gasteiger partial charge is 0.245 e. The summed E-state index contributed by atoms with van der Waals surface area (Å²) in [5.74, 6) is 0. The van der Waals surface area contributed by atoms with Crippen LogP contribution in [0.1, 0.15) is 18.1 Å². The van der Waals surface area contributed by atoms with Crippen LogP contribution in [0.3, 0.4) is 0 Å². The molecular weight excluding hydrogens is 264 g/mol. The van der Waals surface area contributed by atoms with Gasteiger partial charge in [0.15, 0.2) is 0 Å². The first-order valence-corrected chi connectivity index (χ1v) is 7.74. The highest BCUT2D eigenvalue weighted by Gasteiger charge is 2.32. The fourth-order valence-corrected chi connectivity index (χ4v) is 4.02. The van der Waals surface area contributed by atoms with E-state index in [1.54, 1.807) is 12.1 Å². The van der Waals surface area contributed by atoms with E-state index >= 15 is 0 Å². The first kappa shape index (κ1) is 14.3. The second-order valence-corrected chi connectivity index (χ2v) is 6.87. The van der Waals surface area contributed by atoms with Crippen molar-refractivity contribution in [2.24, 2.45) is 0 Å². The van der Waals surface area contributed by atoms with Gasteiger partial charge in [-0.25, -0.2) is 8.42 Å². The molecule has 1 aromatic carbocycles. The molecule has 1 saturated heterocycles. The fraction of sp³-hybridized carbons (Fsp3) is 0.538. The predicted octanol–water partition coefficient (Wildman–Crippen LogP) is 1.30. The summed E-state index contributed by atoms with van der Waals surface area (Å²) in [7, 11) is -3.55. The Bertz CT molecular complexity index is 584. The number of nitrogen functional groups attached to an aromatic ring is 1. The first-order chi connectivity index (χ1) is 8.84. The summed E-state index contributed by atoms with van der Waals surface area (Å²) < 4.78 is 32.1. The maximum absolute atomic E-state index is 12.7. The molecule has 2 rings (SSSR count). The average Bonchev–Trinajstić information content (AvgIpc) is 2.34. The van der Waals surface area contributed by atoms with Gasteiger partial charge in [-0.15, -0.1) is 0 Å². The molecule has 1 heterocycles. The van der Waals surface area contributed by atoms with Crippen LogP contribution in [-0.4, -0.2) is 38.5 Å². The first-order valence-electron chi connectivity index (χ1n) is 6.30. The molecular formula is C13H20N2O3S. The Balaban J connectivity index is 2.47. The lowest BCUT2D eigenvalue weighted by Crippen LogP contribution is -2.47. The molecule has 0 bridgehead atoms. The van der Waals surface area contributed by atoms with Crippen LogP contribution in [0, 0.1) is 13.8 Å². The molecule has 1 fully saturated rings. The van der Waals surface area contributed by atoms with Crippen LogP contribution in [0.25, 0.3) is 0 Å². The minimum atomic E-state index is -3.55. The molecule has 1 atom stereocenters. The van der Waals surface area contributed by atoms with Crippen molar-refractivity contribution in [3.05, 3.63) is 23.3 Å². The molecule has 1 unspecified atom stereocenters. The van der Waals surface area contributed by atoms with Gasteiger partial charge in [-0.3, -0.25) is 0 Å². The van der Waals surface area contributed by atoms with Gasteiger partial charge >= 0.3 is 0 Å². The van der Waals surface area contributed by atoms with E-state index in [0.717, 1.165) is 11.1 Å². The van der Waals surface area contributed by atoms with Crippen LogP contribution in [0.4, 0.5) is 5.69 Å². The van der Waals surface area contributed by atoms with Gasteiger partial charge in [0, 0.05) is 12.6 Å². The van der Waals surface area contributed by atoms with E-state index in [2.05, 4.69) is 0 Å². The highest BCUT2D eigenvalue weighted by Crippen LogP contribution is 2.27. The zero-order valence-electron chi connectivity index (χ0n) is 11.5. The molecule has 5 nitrogen and oxygen atoms in total. The number of nitrogens with two attached hydrogens (primary N) is 1. The van der Waals surface area contributed by atoms with E-state index in [1.165, 1.54) is 4.31 Å². The third-order valence-electron chi connectivity index (χ3n) is 3.52. The maximum Gasteiger partial charge on any atom is 0.245 e. The standard InChI is InChI=1S/C13H20N2O3S/c1-9-6-12(14)13(7-10(9)2)19(16,17)15-4-5-18-8-11(15)3/h6-7,11H,4-5,8,14H2,1-3H3. The van der Waals surface area contributed by atoms with Crippen molar-refractivity contribution in [2.75, 3.05) is 25.5 Å². The van der Waals surface area contributed by atoms with Crippen molar-refractivity contribution in [1.82, 2.24) is 4.31 Å². The lowest BCUT2D eigenvalue weighted by molar-refractivity contribution is 0.0393. The number of hydrogen-bond acceptors (Lipinski definition) is 4. The van der Waals surface area contributed by atoms with Crippen LogP contribution in [0.5, 0.6) is 0 Å². The minimum absolute atomic E-state index is 0.167. The third kappa shape index (κ3) is 2.61. The Morgan fingerprint density at radius 2 is 1.95 bits per heavy atom. The summed E-state index contributed by atoms with van der Waals surface area (Å²) in [6.45, 7) is 6.86. The van der Waals surface area contributed by atoms with Crippen molar-refractivity contribution in [3.8, 4) is 0 Å². The van der Waals surface area contributed by atoms with Gasteiger partial charge < -0.3 is 10.5 Å². The van der Waals surface area contributed by atoms with Gasteiger partial charge in [-0.05, 0) is 44.0 Å². The molecule has 0 radical (unpaired) electrons. The summed E-state index contributed by atoms with van der Waals surface area (Å²) >= 11 is 0. The zero-order valence-corrected chi connectivity index (χ0v) is 12.3. The third-order valence-corrected chi connectivity index (χ3v) is 5.59. The molecule has 19 heavy (non-hydrogen) atoms. The van der Waals surface area contributed by atoms with Crippen molar-refractivity contribution in [1.29, 1.82) is 0 Å². The Morgan fingerprint density at radius 3 is 2.58 bits per heavy atom. The van der Waals surface area contributed by atoms with Crippen molar-refractivity contribution >= 4 is 15.7 Å². The second-order valence-electron chi connectivity index (χ2n) is 5.01. The average molecular weight is 284 g/mol. The maximum atomic E-state index is 12.7. The van der Waals surface area contributed by atoms with E-state index in [9.17, 15) is 8.42 Å². The van der Waals surface area contributed by atoms with Crippen LogP contribution in [0.2, 0.25) is 0 Å². The predicted molar refractivity (Wildman–Crippen MR) is 74.5 cm³/mol. The van der Waals surface area contributed by atoms with Gasteiger partial charge in [0.05, 0.1) is 18.9 Å². The van der Waals surface area contributed by atoms with E-state index in [1.807, 2.05) is 20.8 Å². The van der Waals surface area contributed by atoms with Crippen LogP contribution < -0.4 is 5.73 Å². The number of morpholine rings is 1. The molecule has 0 aromatic heterocycles. The molecule has 1 aliphatic rings. The summed E-state index contributed by atoms with van der Waals surface area (Å²) in [6.07, 6.45) is 0. The molecule has 2 N–H and O–H groups in total. The molecule has 106 valence electrons. The van der Waals surface area contributed by atoms with E-state index in [4.69, 9.17) is 10.5 Å². The number of nitrogens with zero attached hydrogens (tertiary/aromatic N) is 1. The Labute approximate surface area is 114 Å². The van der Waals surface area contributed by atoms with Crippen molar-refractivity contribution in [3.63, 3.8) is 0 Å². The number of hydrogen-bond donors (Lipinski definition) is 1. The number of ether oxygens (including phenoxy) is 1. The van der Waals surface area contributed by atoms with Gasteiger partial charge in [0.2, 0.25) is 10.0 Å². The van der Waals surface area contributed by atoms with Crippen LogP contribution in [0.15, 0.2) is 17.0 Å². The normalized spacial score (nSPS) is 21.5. The minimum Gasteiger partial charge on any atom is -0.398 e. The lowest BCUT2D eigenvalue weighted by Gasteiger charge is -2.32. The number of anilines is 1. The number of aryl methyl sites for hydroxylation is 2. The Morgan fingerprint density at radius 1 is 1.32 bits per heavy atom. The molecule has 0 aliphatic carbocycles. The van der Waals surface area contributed by atoms with Gasteiger partial charge in [0.1, 0.15) is 4.90 Å². The fourth-order valence-electron chi connectivity index (χ4n) is 2.23. The topological polar surface area (TPSA) is 72.6 Å². The van der Waals surface area contributed by atoms with E-state index in [0.29, 0.717) is 25.4 Å². The molecule has 0 amide bonds. The van der Waals surface area contributed by atoms with Crippen LogP contribution >= 0.6 is 0 Å². The quantitative estimate of drug-likeness (QED) is 0.831. The second kappa shape index (κ2) is 5.11. The monoisotopic (exact) mass is 284 g/mol. The molecule has 0 spiro atoms. The SMILES string of the molecule is Cc1cc(N)c(S(=O)(=O)N2CCOCC2C)cc1C. The van der Waals surface area contributed by atoms with Gasteiger partial charge in [-0.1, -0.05) is 0 Å². The largest absolute Gasteiger partial charge is 0.398 e. The summed E-state index contributed by atoms with van der Waals surface area (Å²) in [4.78, 5) is 0.198. The summed E-state index contributed by atoms with van der Waals surface area (Å²) in [6, 6.07) is 3.20. The van der Waals surface area contributed by atoms with Gasteiger partial charge in [-0.2, -0.15) is 4.31 Å². The number of rotatable bonds is 2. The lowest BCUT2D eigenvalue weighted by atomic mass is 10.1. The number of benzene rings is 1. The van der Waals surface area contributed by atoms with Crippen molar-refractivity contribution in [2.45, 2.75) is 31.7 Å². The molecule has 6 heteroatoms. The van der Waals surface area contributed by atoms with E-state index in [-0.39, 0.29) is 10.9 Å². The van der Waals surface area contributed by atoms with Crippen molar-refractivity contribution < 1.29 is 13.2 Å².